The normalized spacial score (nSPS) is 21.7. The number of benzene rings is 1. The molecule has 164 valence electrons. The number of aryl methyl sites for hydroxylation is 1. The lowest BCUT2D eigenvalue weighted by molar-refractivity contribution is 0.461. The highest BCUT2D eigenvalue weighted by atomic mass is 15.3. The molecule has 0 unspecified atom stereocenters. The van der Waals surface area contributed by atoms with Gasteiger partial charge in [-0.05, 0) is 50.8 Å². The summed E-state index contributed by atoms with van der Waals surface area (Å²) in [5.74, 6) is 1.98. The summed E-state index contributed by atoms with van der Waals surface area (Å²) in [4.78, 5) is 18.8. The zero-order chi connectivity index (χ0) is 21.7. The minimum atomic E-state index is 0.174. The monoisotopic (exact) mass is 428 g/mol. The molecular formula is C24H28N8. The number of rotatable bonds is 3. The van der Waals surface area contributed by atoms with Crippen LogP contribution in [0.15, 0.2) is 42.9 Å². The molecule has 0 bridgehead atoms. The average Bonchev–Trinajstić information content (AvgIpc) is 3.44. The molecule has 2 aliphatic rings. The number of aromatic nitrogens is 5. The third-order valence-corrected chi connectivity index (χ3v) is 6.76. The average molecular weight is 429 g/mol. The lowest BCUT2D eigenvalue weighted by Gasteiger charge is -2.36. The molecule has 2 saturated heterocycles. The van der Waals surface area contributed by atoms with Gasteiger partial charge in [-0.25, -0.2) is 19.5 Å². The van der Waals surface area contributed by atoms with Crippen LogP contribution in [0.1, 0.15) is 43.0 Å². The summed E-state index contributed by atoms with van der Waals surface area (Å²) in [5.41, 5.74) is 10.2. The zero-order valence-corrected chi connectivity index (χ0v) is 18.4. The third-order valence-electron chi connectivity index (χ3n) is 6.76. The van der Waals surface area contributed by atoms with E-state index < -0.39 is 0 Å². The summed E-state index contributed by atoms with van der Waals surface area (Å²) in [5, 5.41) is 6.02. The van der Waals surface area contributed by atoms with Gasteiger partial charge in [-0.2, -0.15) is 5.10 Å². The van der Waals surface area contributed by atoms with Gasteiger partial charge in [0.25, 0.3) is 0 Å². The molecule has 8 nitrogen and oxygen atoms in total. The van der Waals surface area contributed by atoms with Gasteiger partial charge in [0, 0.05) is 43.3 Å². The summed E-state index contributed by atoms with van der Waals surface area (Å²) in [6.45, 7) is 4.90. The Kier molecular flexibility index (Phi) is 4.68. The van der Waals surface area contributed by atoms with E-state index in [0.29, 0.717) is 0 Å². The van der Waals surface area contributed by atoms with Crippen molar-refractivity contribution in [3.63, 3.8) is 0 Å². The van der Waals surface area contributed by atoms with Gasteiger partial charge >= 0.3 is 0 Å². The predicted octanol–water partition coefficient (Wildman–Crippen LogP) is 3.25. The van der Waals surface area contributed by atoms with Gasteiger partial charge in [-0.3, -0.25) is 0 Å². The van der Waals surface area contributed by atoms with Crippen molar-refractivity contribution in [1.82, 2.24) is 24.6 Å². The van der Waals surface area contributed by atoms with Gasteiger partial charge in [-0.15, -0.1) is 0 Å². The standard InChI is InChI=1S/C24H28N8/c1-16-5-6-19-18(12-16)24(27-15-26-19)31-9-3-2-4-21(31)20-13-23-28-22(8-11-32(23)29-20)30-10-7-17(25)14-30/h5-6,8,11-13,15,17,21H,2-4,7,9-10,14,25H2,1H3/t17-,21+/m1/s1. The molecule has 0 spiro atoms. The number of piperidine rings is 1. The summed E-state index contributed by atoms with van der Waals surface area (Å²) in [6, 6.07) is 11.0. The van der Waals surface area contributed by atoms with Crippen LogP contribution in [-0.2, 0) is 0 Å². The lowest BCUT2D eigenvalue weighted by atomic mass is 9.98. The molecule has 0 saturated carbocycles. The molecule has 6 rings (SSSR count). The predicted molar refractivity (Wildman–Crippen MR) is 126 cm³/mol. The fourth-order valence-corrected chi connectivity index (χ4v) is 5.10. The van der Waals surface area contributed by atoms with Gasteiger partial charge in [0.1, 0.15) is 18.0 Å². The van der Waals surface area contributed by atoms with Crippen molar-refractivity contribution in [2.24, 2.45) is 5.73 Å². The van der Waals surface area contributed by atoms with E-state index in [-0.39, 0.29) is 12.1 Å². The first kappa shape index (κ1) is 19.4. The van der Waals surface area contributed by atoms with Crippen molar-refractivity contribution in [3.05, 3.63) is 54.1 Å². The zero-order valence-electron chi connectivity index (χ0n) is 18.4. The number of hydrogen-bond donors (Lipinski definition) is 1. The van der Waals surface area contributed by atoms with Crippen molar-refractivity contribution in [2.75, 3.05) is 29.4 Å². The Morgan fingerprint density at radius 3 is 2.84 bits per heavy atom. The molecule has 1 aromatic carbocycles. The number of anilines is 2. The maximum atomic E-state index is 6.09. The molecule has 2 atom stereocenters. The molecule has 5 heterocycles. The van der Waals surface area contributed by atoms with Gasteiger partial charge in [-0.1, -0.05) is 11.6 Å². The molecule has 2 fully saturated rings. The number of fused-ring (bicyclic) bond motifs is 2. The van der Waals surface area contributed by atoms with E-state index in [2.05, 4.69) is 46.0 Å². The topological polar surface area (TPSA) is 88.5 Å². The molecule has 0 amide bonds. The molecule has 2 N–H and O–H groups in total. The third kappa shape index (κ3) is 3.35. The quantitative estimate of drug-likeness (QED) is 0.536. The van der Waals surface area contributed by atoms with Crippen LogP contribution < -0.4 is 15.5 Å². The van der Waals surface area contributed by atoms with Crippen molar-refractivity contribution >= 4 is 28.2 Å². The molecule has 8 heteroatoms. The Balaban J connectivity index is 1.38. The summed E-state index contributed by atoms with van der Waals surface area (Å²) in [7, 11) is 0. The van der Waals surface area contributed by atoms with Crippen molar-refractivity contribution in [3.8, 4) is 0 Å². The number of hydrogen-bond acceptors (Lipinski definition) is 7. The lowest BCUT2D eigenvalue weighted by Crippen LogP contribution is -2.34. The van der Waals surface area contributed by atoms with Gasteiger partial charge < -0.3 is 15.5 Å². The Labute approximate surface area is 187 Å². The summed E-state index contributed by atoms with van der Waals surface area (Å²) < 4.78 is 1.89. The van der Waals surface area contributed by atoms with E-state index in [1.807, 2.05) is 16.8 Å². The molecule has 2 aliphatic heterocycles. The Morgan fingerprint density at radius 1 is 1.03 bits per heavy atom. The first-order chi connectivity index (χ1) is 15.7. The number of nitrogens with zero attached hydrogens (tertiary/aromatic N) is 7. The van der Waals surface area contributed by atoms with Crippen LogP contribution in [0.3, 0.4) is 0 Å². The molecule has 0 radical (unpaired) electrons. The van der Waals surface area contributed by atoms with Crippen LogP contribution in [0.5, 0.6) is 0 Å². The van der Waals surface area contributed by atoms with Crippen molar-refractivity contribution in [2.45, 2.75) is 44.7 Å². The second-order valence-corrected chi connectivity index (χ2v) is 9.08. The smallest absolute Gasteiger partial charge is 0.157 e. The fourth-order valence-electron chi connectivity index (χ4n) is 5.10. The maximum absolute atomic E-state index is 6.09. The van der Waals surface area contributed by atoms with E-state index in [4.69, 9.17) is 20.8 Å². The minimum Gasteiger partial charge on any atom is -0.355 e. The van der Waals surface area contributed by atoms with Crippen molar-refractivity contribution in [1.29, 1.82) is 0 Å². The van der Waals surface area contributed by atoms with Crippen LogP contribution in [0, 0.1) is 6.92 Å². The van der Waals surface area contributed by atoms with E-state index in [9.17, 15) is 0 Å². The largest absolute Gasteiger partial charge is 0.355 e. The van der Waals surface area contributed by atoms with Crippen LogP contribution in [0.4, 0.5) is 11.6 Å². The molecule has 4 aromatic rings. The highest BCUT2D eigenvalue weighted by Crippen LogP contribution is 2.37. The van der Waals surface area contributed by atoms with Gasteiger partial charge in [0.05, 0.1) is 17.3 Å². The fraction of sp³-hybridized carbons (Fsp3) is 0.417. The Hall–Kier alpha value is -3.26. The van der Waals surface area contributed by atoms with E-state index in [0.717, 1.165) is 72.8 Å². The maximum Gasteiger partial charge on any atom is 0.157 e. The van der Waals surface area contributed by atoms with Crippen LogP contribution in [0.2, 0.25) is 0 Å². The minimum absolute atomic E-state index is 0.174. The Bertz CT molecular complexity index is 1280. The second-order valence-electron chi connectivity index (χ2n) is 9.08. The summed E-state index contributed by atoms with van der Waals surface area (Å²) >= 11 is 0. The second kappa shape index (κ2) is 7.70. The van der Waals surface area contributed by atoms with Crippen LogP contribution in [-0.4, -0.2) is 50.2 Å². The van der Waals surface area contributed by atoms with Gasteiger partial charge in [0.2, 0.25) is 0 Å². The van der Waals surface area contributed by atoms with E-state index in [1.54, 1.807) is 6.33 Å². The van der Waals surface area contributed by atoms with E-state index in [1.165, 1.54) is 12.0 Å². The molecule has 32 heavy (non-hydrogen) atoms. The first-order valence-corrected chi connectivity index (χ1v) is 11.5. The highest BCUT2D eigenvalue weighted by Gasteiger charge is 2.29. The molecule has 3 aromatic heterocycles. The van der Waals surface area contributed by atoms with Crippen LogP contribution in [0.25, 0.3) is 16.6 Å². The molecule has 0 aliphatic carbocycles. The van der Waals surface area contributed by atoms with E-state index >= 15 is 0 Å². The molecular weight excluding hydrogens is 400 g/mol. The Morgan fingerprint density at radius 2 is 1.97 bits per heavy atom. The van der Waals surface area contributed by atoms with Gasteiger partial charge in [0.15, 0.2) is 5.65 Å². The van der Waals surface area contributed by atoms with Crippen LogP contribution >= 0.6 is 0 Å². The highest BCUT2D eigenvalue weighted by molar-refractivity contribution is 5.90. The SMILES string of the molecule is Cc1ccc2ncnc(N3CCCC[C@H]3c3cc4nc(N5CC[C@@H](N)C5)ccn4n3)c2c1. The summed E-state index contributed by atoms with van der Waals surface area (Å²) in [6.07, 6.45) is 8.09. The number of nitrogens with two attached hydrogens (primary N) is 1. The first-order valence-electron chi connectivity index (χ1n) is 11.5. The van der Waals surface area contributed by atoms with Crippen molar-refractivity contribution < 1.29 is 0 Å².